The summed E-state index contributed by atoms with van der Waals surface area (Å²) in [7, 11) is 0. The number of nitrogens with zero attached hydrogens (tertiary/aromatic N) is 11. The van der Waals surface area contributed by atoms with Gasteiger partial charge in [0, 0.05) is 61.8 Å². The van der Waals surface area contributed by atoms with Gasteiger partial charge in [-0.1, -0.05) is 27.0 Å². The Bertz CT molecular complexity index is 3940. The first-order valence-electron chi connectivity index (χ1n) is 22.7. The Morgan fingerprint density at radius 2 is 0.932 bits per heavy atom. The number of para-hydroxylation sites is 2. The van der Waals surface area contributed by atoms with Crippen LogP contribution in [0.15, 0.2) is 171 Å². The van der Waals surface area contributed by atoms with E-state index in [1.807, 2.05) is 83.7 Å². The summed E-state index contributed by atoms with van der Waals surface area (Å²) < 4.78 is 19.6. The van der Waals surface area contributed by atoms with Crippen molar-refractivity contribution in [3.05, 3.63) is 222 Å². The van der Waals surface area contributed by atoms with Crippen LogP contribution in [-0.2, 0) is 19.6 Å². The van der Waals surface area contributed by atoms with Gasteiger partial charge in [0.2, 0.25) is 0 Å². The Morgan fingerprint density at radius 1 is 0.459 bits per heavy atom. The van der Waals surface area contributed by atoms with Crippen LogP contribution in [-0.4, -0.2) is 70.8 Å². The Labute approximate surface area is 424 Å². The van der Waals surface area contributed by atoms with E-state index < -0.39 is 0 Å². The van der Waals surface area contributed by atoms with Crippen molar-refractivity contribution in [1.29, 1.82) is 0 Å². The minimum atomic E-state index is -0.351. The highest BCUT2D eigenvalue weighted by atomic mass is 19.1. The third-order valence-corrected chi connectivity index (χ3v) is 11.9. The van der Waals surface area contributed by atoms with Gasteiger partial charge in [0.25, 0.3) is 17.7 Å². The van der Waals surface area contributed by atoms with E-state index in [2.05, 4.69) is 80.6 Å². The van der Waals surface area contributed by atoms with Gasteiger partial charge in [-0.05, 0) is 110 Å². The number of halogens is 1. The summed E-state index contributed by atoms with van der Waals surface area (Å²) in [5.41, 5.74) is 13.9. The molecule has 0 spiro atoms. The summed E-state index contributed by atoms with van der Waals surface area (Å²) in [6, 6.07) is 31.9. The van der Waals surface area contributed by atoms with Gasteiger partial charge in [0.1, 0.15) is 17.2 Å². The second-order valence-electron chi connectivity index (χ2n) is 16.5. The molecule has 74 heavy (non-hydrogen) atoms. The first kappa shape index (κ1) is 50.5. The molecular weight excluding hydrogens is 936 g/mol. The number of hydrogen-bond acceptors (Lipinski definition) is 11. The molecule has 0 saturated carbocycles. The molecule has 0 aliphatic rings. The molecule has 3 aromatic carbocycles. The molecule has 3 N–H and O–H groups in total. The summed E-state index contributed by atoms with van der Waals surface area (Å²) in [6.45, 7) is 5.07. The lowest BCUT2D eigenvalue weighted by molar-refractivity contribution is 0.0937. The molecule has 17 nitrogen and oxygen atoms in total. The highest BCUT2D eigenvalue weighted by molar-refractivity contribution is 5.94. The Morgan fingerprint density at radius 3 is 1.47 bits per heavy atom. The zero-order valence-corrected chi connectivity index (χ0v) is 38.8. The maximum absolute atomic E-state index is 13.5. The van der Waals surface area contributed by atoms with Crippen molar-refractivity contribution in [3.8, 4) is 0 Å². The molecule has 0 bridgehead atoms. The topological polar surface area (TPSA) is 204 Å². The fraction of sp³-hybridized carbons (Fsp3) is 0.125. The minimum absolute atomic E-state index is 0. The third-order valence-electron chi connectivity index (χ3n) is 11.9. The predicted molar refractivity (Wildman–Crippen MR) is 283 cm³/mol. The van der Waals surface area contributed by atoms with Gasteiger partial charge in [-0.25, -0.2) is 29.3 Å². The Balaban J connectivity index is 0.000000146. The molecule has 0 unspecified atom stereocenters. The van der Waals surface area contributed by atoms with Crippen molar-refractivity contribution < 1.29 is 18.8 Å². The number of hydrogen-bond donors (Lipinski definition) is 3. The van der Waals surface area contributed by atoms with Gasteiger partial charge in [0.05, 0.1) is 104 Å². The maximum Gasteiger partial charge on any atom is 0.271 e. The fourth-order valence-corrected chi connectivity index (χ4v) is 8.20. The summed E-state index contributed by atoms with van der Waals surface area (Å²) in [5, 5.41) is 8.54. The molecule has 9 heterocycles. The molecule has 0 fully saturated rings. The van der Waals surface area contributed by atoms with Gasteiger partial charge in [-0.3, -0.25) is 29.3 Å². The summed E-state index contributed by atoms with van der Waals surface area (Å²) in [5.74, 6) is -1.11. The highest BCUT2D eigenvalue weighted by Crippen LogP contribution is 2.24. The number of fused-ring (bicyclic) bond motifs is 9. The van der Waals surface area contributed by atoms with E-state index in [1.165, 1.54) is 60.4 Å². The number of amides is 3. The normalized spacial score (nSPS) is 10.7. The van der Waals surface area contributed by atoms with Crippen molar-refractivity contribution in [2.24, 2.45) is 0 Å². The van der Waals surface area contributed by atoms with E-state index in [1.54, 1.807) is 30.6 Å². The number of aromatic nitrogens is 11. The Hall–Kier alpha value is -9.84. The van der Waals surface area contributed by atoms with Crippen LogP contribution < -0.4 is 16.0 Å². The average Bonchev–Trinajstić information content (AvgIpc) is 4.24. The lowest BCUT2D eigenvalue weighted by Crippen LogP contribution is -2.24. The van der Waals surface area contributed by atoms with Crippen LogP contribution in [0.4, 0.5) is 4.39 Å². The zero-order chi connectivity index (χ0) is 49.6. The van der Waals surface area contributed by atoms with Gasteiger partial charge in [-0.2, -0.15) is 0 Å². The molecule has 0 saturated heterocycles. The van der Waals surface area contributed by atoms with E-state index in [9.17, 15) is 18.8 Å². The second kappa shape index (κ2) is 22.5. The van der Waals surface area contributed by atoms with Crippen LogP contribution in [0.25, 0.3) is 49.7 Å². The van der Waals surface area contributed by atoms with Crippen LogP contribution in [0.1, 0.15) is 74.4 Å². The van der Waals surface area contributed by atoms with Crippen LogP contribution >= 0.6 is 0 Å². The van der Waals surface area contributed by atoms with Crippen LogP contribution in [0.5, 0.6) is 0 Å². The number of carbonyl (C=O) groups excluding carboxylic acids is 3. The molecule has 0 aliphatic carbocycles. The van der Waals surface area contributed by atoms with Crippen LogP contribution in [0.2, 0.25) is 0 Å². The minimum Gasteiger partial charge on any atom is -0.346 e. The summed E-state index contributed by atoms with van der Waals surface area (Å²) in [4.78, 5) is 70.1. The molecule has 370 valence electrons. The van der Waals surface area contributed by atoms with Gasteiger partial charge < -0.3 is 29.2 Å². The predicted octanol–water partition coefficient (Wildman–Crippen LogP) is 9.26. The highest BCUT2D eigenvalue weighted by Gasteiger charge is 2.15. The van der Waals surface area contributed by atoms with Crippen molar-refractivity contribution in [3.63, 3.8) is 0 Å². The van der Waals surface area contributed by atoms with E-state index in [0.29, 0.717) is 35.6 Å². The quantitative estimate of drug-likeness (QED) is 0.124. The molecular formula is C56H51FN14O3. The lowest BCUT2D eigenvalue weighted by atomic mass is 10.1. The monoisotopic (exact) mass is 986 g/mol. The van der Waals surface area contributed by atoms with Gasteiger partial charge >= 0.3 is 0 Å². The zero-order valence-electron chi connectivity index (χ0n) is 38.8. The molecule has 0 atom stereocenters. The third kappa shape index (κ3) is 10.7. The second-order valence-corrected chi connectivity index (χ2v) is 16.5. The summed E-state index contributed by atoms with van der Waals surface area (Å²) in [6.07, 6.45) is 17.9. The first-order chi connectivity index (χ1) is 35.2. The smallest absolute Gasteiger partial charge is 0.271 e. The van der Waals surface area contributed by atoms with Gasteiger partial charge in [-0.15, -0.1) is 0 Å². The number of aryl methyl sites for hydroxylation is 2. The molecule has 0 aliphatic heterocycles. The standard InChI is InChI=1S/C19H17N5O.C18H14N4O.C17H12FN5O.2CH4/c1-12-8-14-18(9-13(12)2)24-7-3-4-17(24)15(23-14)11-22-19(25)16-10-20-5-6-21-16;23-18(13-5-3-9-19-11-13)20-12-15-17-8-4-10-22(17)16-7-2-1-6-14(16)21-15;18-11-3-4-16-12(8-11)22-13(15-2-1-7-23(15)16)10-21-17(24)14-9-19-5-6-20-14;;/h3-10H,11H2,1-2H3,(H,22,25);1-11H,12H2,(H,20,23);1-9H,10H2,(H,21,24);2*1H4. The van der Waals surface area contributed by atoms with Gasteiger partial charge in [0.15, 0.2) is 0 Å². The maximum atomic E-state index is 13.5. The fourth-order valence-electron chi connectivity index (χ4n) is 8.20. The first-order valence-corrected chi connectivity index (χ1v) is 22.7. The van der Waals surface area contributed by atoms with E-state index in [0.717, 1.165) is 55.5 Å². The molecule has 0 radical (unpaired) electrons. The van der Waals surface area contributed by atoms with Crippen molar-refractivity contribution in [2.45, 2.75) is 48.3 Å². The SMILES string of the molecule is C.C.Cc1cc2nc(CNC(=O)c3cnccn3)c3cccn3c2cc1C.O=C(NCc1nc2cc(F)ccc2n2cccc12)c1cnccn1.O=C(NCc1nc2ccccc2n2cccc12)c1cccnc1. The van der Waals surface area contributed by atoms with E-state index in [-0.39, 0.29) is 50.6 Å². The largest absolute Gasteiger partial charge is 0.346 e. The number of nitrogens with one attached hydrogen (secondary N) is 3. The lowest BCUT2D eigenvalue weighted by Gasteiger charge is -2.11. The molecule has 3 amide bonds. The average molecular weight is 987 g/mol. The van der Waals surface area contributed by atoms with Crippen molar-refractivity contribution >= 4 is 67.4 Å². The molecule has 12 aromatic rings. The van der Waals surface area contributed by atoms with Crippen molar-refractivity contribution in [2.75, 3.05) is 0 Å². The summed E-state index contributed by atoms with van der Waals surface area (Å²) >= 11 is 0. The number of benzene rings is 3. The van der Waals surface area contributed by atoms with Crippen molar-refractivity contribution in [1.82, 2.24) is 69.0 Å². The van der Waals surface area contributed by atoms with Crippen LogP contribution in [0.3, 0.4) is 0 Å². The van der Waals surface area contributed by atoms with Crippen LogP contribution in [0, 0.1) is 19.7 Å². The molecule has 18 heteroatoms. The number of carbonyl (C=O) groups is 3. The number of rotatable bonds is 9. The molecule has 12 rings (SSSR count). The van der Waals surface area contributed by atoms with E-state index in [4.69, 9.17) is 9.97 Å². The van der Waals surface area contributed by atoms with E-state index >= 15 is 0 Å². The number of pyridine rings is 1. The molecule has 9 aromatic heterocycles. The Kier molecular flexibility index (Phi) is 15.4.